The molecule has 1 heterocycles. The predicted octanol–water partition coefficient (Wildman–Crippen LogP) is 1.00. The topological polar surface area (TPSA) is 29.3 Å². The van der Waals surface area contributed by atoms with Gasteiger partial charge in [0.2, 0.25) is 0 Å². The molecule has 2 nitrogen and oxygen atoms in total. The van der Waals surface area contributed by atoms with Gasteiger partial charge in [-0.2, -0.15) is 0 Å². The fraction of sp³-hybridized carbons (Fsp3) is 0.875. The van der Waals surface area contributed by atoms with E-state index >= 15 is 0 Å². The quantitative estimate of drug-likeness (QED) is 0.630. The first-order valence-corrected chi connectivity index (χ1v) is 4.56. The van der Waals surface area contributed by atoms with E-state index in [0.29, 0.717) is 4.99 Å². The van der Waals surface area contributed by atoms with Crippen LogP contribution in [0.25, 0.3) is 0 Å². The number of nitrogens with two attached hydrogens (primary N) is 1. The number of hydrogen-bond acceptors (Lipinski definition) is 2. The van der Waals surface area contributed by atoms with E-state index in [1.54, 1.807) is 0 Å². The smallest absolute Gasteiger partial charge is 0.0730 e. The Hall–Kier alpha value is -0.150. The van der Waals surface area contributed by atoms with Crippen molar-refractivity contribution < 1.29 is 0 Å². The van der Waals surface area contributed by atoms with Crippen LogP contribution in [-0.4, -0.2) is 30.0 Å². The van der Waals surface area contributed by atoms with E-state index in [9.17, 15) is 0 Å². The summed E-state index contributed by atoms with van der Waals surface area (Å²) in [5.41, 5.74) is 5.48. The van der Waals surface area contributed by atoms with Crippen LogP contribution in [0.3, 0.4) is 0 Å². The summed E-state index contributed by atoms with van der Waals surface area (Å²) in [6.45, 7) is 2.40. The second kappa shape index (κ2) is 4.02. The lowest BCUT2D eigenvalue weighted by Crippen LogP contribution is -2.31. The SMILES string of the molecule is CN1CCC(CC(N)=S)CC1. The van der Waals surface area contributed by atoms with Gasteiger partial charge in [-0.3, -0.25) is 0 Å². The number of hydrogen-bond donors (Lipinski definition) is 1. The first-order chi connectivity index (χ1) is 5.18. The molecule has 0 radical (unpaired) electrons. The summed E-state index contributed by atoms with van der Waals surface area (Å²) in [4.78, 5) is 3.04. The Morgan fingerprint density at radius 1 is 1.55 bits per heavy atom. The van der Waals surface area contributed by atoms with Crippen molar-refractivity contribution >= 4 is 17.2 Å². The standard InChI is InChI=1S/C8H16N2S/c1-10-4-2-7(3-5-10)6-8(9)11/h7H,2-6H2,1H3,(H2,9,11). The van der Waals surface area contributed by atoms with E-state index in [-0.39, 0.29) is 0 Å². The van der Waals surface area contributed by atoms with Gasteiger partial charge in [-0.05, 0) is 38.9 Å². The molecule has 64 valence electrons. The number of piperidine rings is 1. The van der Waals surface area contributed by atoms with E-state index in [1.165, 1.54) is 25.9 Å². The van der Waals surface area contributed by atoms with Crippen molar-refractivity contribution in [1.82, 2.24) is 4.90 Å². The van der Waals surface area contributed by atoms with Crippen LogP contribution in [0.5, 0.6) is 0 Å². The highest BCUT2D eigenvalue weighted by Gasteiger charge is 2.16. The Labute approximate surface area is 73.7 Å². The summed E-state index contributed by atoms with van der Waals surface area (Å²) < 4.78 is 0. The van der Waals surface area contributed by atoms with Crippen molar-refractivity contribution in [3.63, 3.8) is 0 Å². The number of likely N-dealkylation sites (tertiary alicyclic amines) is 1. The van der Waals surface area contributed by atoms with Crippen molar-refractivity contribution in [1.29, 1.82) is 0 Å². The van der Waals surface area contributed by atoms with Crippen LogP contribution < -0.4 is 5.73 Å². The third-order valence-electron chi connectivity index (χ3n) is 2.33. The second-order valence-electron chi connectivity index (χ2n) is 3.42. The van der Waals surface area contributed by atoms with Crippen LogP contribution in [0.15, 0.2) is 0 Å². The normalized spacial score (nSPS) is 21.9. The van der Waals surface area contributed by atoms with Crippen LogP contribution in [0.1, 0.15) is 19.3 Å². The number of nitrogens with zero attached hydrogens (tertiary/aromatic N) is 1. The van der Waals surface area contributed by atoms with Crippen molar-refractivity contribution in [3.8, 4) is 0 Å². The van der Waals surface area contributed by atoms with Gasteiger partial charge in [-0.15, -0.1) is 0 Å². The Bertz CT molecular complexity index is 139. The van der Waals surface area contributed by atoms with Gasteiger partial charge in [0, 0.05) is 6.42 Å². The number of thiocarbonyl (C=S) groups is 1. The minimum atomic E-state index is 0.680. The van der Waals surface area contributed by atoms with E-state index in [2.05, 4.69) is 11.9 Å². The molecule has 1 fully saturated rings. The molecule has 1 aliphatic rings. The molecule has 0 aliphatic carbocycles. The molecule has 0 aromatic carbocycles. The van der Waals surface area contributed by atoms with E-state index < -0.39 is 0 Å². The molecule has 1 aliphatic heterocycles. The summed E-state index contributed by atoms with van der Waals surface area (Å²) in [6, 6.07) is 0. The Balaban J connectivity index is 2.22. The van der Waals surface area contributed by atoms with Crippen LogP contribution >= 0.6 is 12.2 Å². The zero-order chi connectivity index (χ0) is 8.27. The minimum absolute atomic E-state index is 0.680. The molecule has 1 saturated heterocycles. The maximum atomic E-state index is 5.48. The van der Waals surface area contributed by atoms with Crippen LogP contribution in [-0.2, 0) is 0 Å². The summed E-state index contributed by atoms with van der Waals surface area (Å²) in [7, 11) is 2.16. The van der Waals surface area contributed by atoms with Gasteiger partial charge < -0.3 is 10.6 Å². The molecule has 0 aromatic rings. The molecule has 3 heteroatoms. The van der Waals surface area contributed by atoms with Gasteiger partial charge >= 0.3 is 0 Å². The Kier molecular flexibility index (Phi) is 3.27. The number of rotatable bonds is 2. The molecule has 0 amide bonds. The van der Waals surface area contributed by atoms with Crippen molar-refractivity contribution in [2.75, 3.05) is 20.1 Å². The molecule has 11 heavy (non-hydrogen) atoms. The Morgan fingerprint density at radius 2 is 2.09 bits per heavy atom. The third kappa shape index (κ3) is 3.16. The van der Waals surface area contributed by atoms with E-state index in [4.69, 9.17) is 18.0 Å². The van der Waals surface area contributed by atoms with Crippen molar-refractivity contribution in [2.45, 2.75) is 19.3 Å². The van der Waals surface area contributed by atoms with E-state index in [0.717, 1.165) is 12.3 Å². The maximum absolute atomic E-state index is 5.48. The van der Waals surface area contributed by atoms with Gasteiger partial charge in [0.1, 0.15) is 0 Å². The van der Waals surface area contributed by atoms with Crippen molar-refractivity contribution in [3.05, 3.63) is 0 Å². The van der Waals surface area contributed by atoms with Gasteiger partial charge in [0.05, 0.1) is 4.99 Å². The predicted molar refractivity (Wildman–Crippen MR) is 51.6 cm³/mol. The first kappa shape index (κ1) is 8.94. The highest BCUT2D eigenvalue weighted by molar-refractivity contribution is 7.80. The summed E-state index contributed by atoms with van der Waals surface area (Å²) in [5.74, 6) is 0.753. The highest BCUT2D eigenvalue weighted by atomic mass is 32.1. The molecule has 0 aromatic heterocycles. The monoisotopic (exact) mass is 172 g/mol. The molecular formula is C8H16N2S. The molecule has 2 N–H and O–H groups in total. The Morgan fingerprint density at radius 3 is 2.55 bits per heavy atom. The summed E-state index contributed by atoms with van der Waals surface area (Å²) >= 11 is 4.87. The van der Waals surface area contributed by atoms with Gasteiger partial charge in [0.15, 0.2) is 0 Å². The van der Waals surface area contributed by atoms with Gasteiger partial charge in [0.25, 0.3) is 0 Å². The molecule has 1 rings (SSSR count). The summed E-state index contributed by atoms with van der Waals surface area (Å²) in [6.07, 6.45) is 3.46. The lowest BCUT2D eigenvalue weighted by molar-refractivity contribution is 0.223. The molecule has 0 bridgehead atoms. The van der Waals surface area contributed by atoms with Gasteiger partial charge in [-0.1, -0.05) is 12.2 Å². The van der Waals surface area contributed by atoms with Crippen LogP contribution in [0.2, 0.25) is 0 Å². The molecule has 0 spiro atoms. The maximum Gasteiger partial charge on any atom is 0.0730 e. The average Bonchev–Trinajstić information content (AvgIpc) is 1.93. The van der Waals surface area contributed by atoms with Crippen LogP contribution in [0.4, 0.5) is 0 Å². The van der Waals surface area contributed by atoms with Gasteiger partial charge in [-0.25, -0.2) is 0 Å². The van der Waals surface area contributed by atoms with Crippen molar-refractivity contribution in [2.24, 2.45) is 11.7 Å². The first-order valence-electron chi connectivity index (χ1n) is 4.15. The fourth-order valence-electron chi connectivity index (χ4n) is 1.55. The van der Waals surface area contributed by atoms with E-state index in [1.807, 2.05) is 0 Å². The third-order valence-corrected chi connectivity index (χ3v) is 2.49. The fourth-order valence-corrected chi connectivity index (χ4v) is 1.79. The average molecular weight is 172 g/mol. The summed E-state index contributed by atoms with van der Waals surface area (Å²) in [5, 5.41) is 0. The minimum Gasteiger partial charge on any atom is -0.393 e. The largest absolute Gasteiger partial charge is 0.393 e. The zero-order valence-electron chi connectivity index (χ0n) is 7.05. The second-order valence-corrected chi connectivity index (χ2v) is 3.94. The molecular weight excluding hydrogens is 156 g/mol. The lowest BCUT2D eigenvalue weighted by Gasteiger charge is -2.28. The highest BCUT2D eigenvalue weighted by Crippen LogP contribution is 2.18. The molecule has 0 unspecified atom stereocenters. The van der Waals surface area contributed by atoms with Crippen LogP contribution in [0, 0.1) is 5.92 Å². The lowest BCUT2D eigenvalue weighted by atomic mass is 9.94. The molecule has 0 atom stereocenters. The zero-order valence-corrected chi connectivity index (χ0v) is 7.86. The molecule has 0 saturated carbocycles.